The number of benzene rings is 2. The van der Waals surface area contributed by atoms with Crippen molar-refractivity contribution in [2.45, 2.75) is 20.0 Å². The summed E-state index contributed by atoms with van der Waals surface area (Å²) < 4.78 is 5.34. The van der Waals surface area contributed by atoms with Gasteiger partial charge in [0.1, 0.15) is 5.75 Å². The number of anilines is 1. The van der Waals surface area contributed by atoms with Gasteiger partial charge in [-0.2, -0.15) is 0 Å². The first-order valence-electron chi connectivity index (χ1n) is 7.61. The van der Waals surface area contributed by atoms with Crippen LogP contribution in [-0.2, 0) is 0 Å². The molecule has 2 aromatic carbocycles. The third-order valence-electron chi connectivity index (χ3n) is 3.43. The lowest BCUT2D eigenvalue weighted by Crippen LogP contribution is -2.32. The van der Waals surface area contributed by atoms with Crippen molar-refractivity contribution in [3.63, 3.8) is 0 Å². The van der Waals surface area contributed by atoms with Crippen LogP contribution >= 0.6 is 0 Å². The van der Waals surface area contributed by atoms with Crippen molar-refractivity contribution < 1.29 is 14.6 Å². The molecule has 1 atom stereocenters. The van der Waals surface area contributed by atoms with E-state index < -0.39 is 6.10 Å². The summed E-state index contributed by atoms with van der Waals surface area (Å²) in [6.07, 6.45) is -0.734. The average Bonchev–Trinajstić information content (AvgIpc) is 2.55. The summed E-state index contributed by atoms with van der Waals surface area (Å²) in [5, 5.41) is 15.5. The van der Waals surface area contributed by atoms with Crippen LogP contribution in [0.25, 0.3) is 0 Å². The third kappa shape index (κ3) is 5.00. The Labute approximate surface area is 136 Å². The number of aryl methyl sites for hydroxylation is 1. The summed E-state index contributed by atoms with van der Waals surface area (Å²) in [6.45, 7) is 4.59. The predicted molar refractivity (Wildman–Crippen MR) is 90.8 cm³/mol. The Morgan fingerprint density at radius 3 is 2.52 bits per heavy atom. The van der Waals surface area contributed by atoms with Crippen LogP contribution in [0.4, 0.5) is 10.5 Å². The molecule has 5 heteroatoms. The SMILES string of the molecule is CCOc1ccc(NC(=O)NCC(O)c2ccccc2C)cc1. The lowest BCUT2D eigenvalue weighted by molar-refractivity contribution is 0.174. The van der Waals surface area contributed by atoms with E-state index in [0.717, 1.165) is 16.9 Å². The van der Waals surface area contributed by atoms with Crippen molar-refractivity contribution in [1.29, 1.82) is 0 Å². The van der Waals surface area contributed by atoms with Crippen LogP contribution in [0.5, 0.6) is 5.75 Å². The number of aliphatic hydroxyl groups is 1. The van der Waals surface area contributed by atoms with Crippen LogP contribution in [0.3, 0.4) is 0 Å². The zero-order chi connectivity index (χ0) is 16.7. The highest BCUT2D eigenvalue weighted by molar-refractivity contribution is 5.89. The van der Waals surface area contributed by atoms with Crippen molar-refractivity contribution >= 4 is 11.7 Å². The largest absolute Gasteiger partial charge is 0.494 e. The van der Waals surface area contributed by atoms with E-state index in [4.69, 9.17) is 4.74 Å². The normalized spacial score (nSPS) is 11.6. The highest BCUT2D eigenvalue weighted by atomic mass is 16.5. The maximum Gasteiger partial charge on any atom is 0.319 e. The highest BCUT2D eigenvalue weighted by Gasteiger charge is 2.11. The standard InChI is InChI=1S/C18H22N2O3/c1-3-23-15-10-8-14(9-11-15)20-18(22)19-12-17(21)16-7-5-4-6-13(16)2/h4-11,17,21H,3,12H2,1-2H3,(H2,19,20,22). The van der Waals surface area contributed by atoms with Gasteiger partial charge < -0.3 is 20.5 Å². The first-order valence-corrected chi connectivity index (χ1v) is 7.61. The molecule has 2 rings (SSSR count). The molecule has 0 spiro atoms. The number of rotatable bonds is 6. The minimum Gasteiger partial charge on any atom is -0.494 e. The Kier molecular flexibility index (Phi) is 6.00. The molecule has 0 heterocycles. The average molecular weight is 314 g/mol. The van der Waals surface area contributed by atoms with Crippen LogP contribution in [0.15, 0.2) is 48.5 Å². The Balaban J connectivity index is 1.84. The van der Waals surface area contributed by atoms with Crippen LogP contribution < -0.4 is 15.4 Å². The number of hydrogen-bond acceptors (Lipinski definition) is 3. The first kappa shape index (κ1) is 16.8. The van der Waals surface area contributed by atoms with E-state index in [9.17, 15) is 9.90 Å². The van der Waals surface area contributed by atoms with E-state index in [1.54, 1.807) is 24.3 Å². The van der Waals surface area contributed by atoms with Gasteiger partial charge in [0.2, 0.25) is 0 Å². The van der Waals surface area contributed by atoms with Gasteiger partial charge in [-0.15, -0.1) is 0 Å². The predicted octanol–water partition coefficient (Wildman–Crippen LogP) is 3.25. The molecule has 0 radical (unpaired) electrons. The lowest BCUT2D eigenvalue weighted by Gasteiger charge is -2.15. The number of aliphatic hydroxyl groups excluding tert-OH is 1. The Morgan fingerprint density at radius 2 is 1.87 bits per heavy atom. The highest BCUT2D eigenvalue weighted by Crippen LogP contribution is 2.17. The van der Waals surface area contributed by atoms with Gasteiger partial charge >= 0.3 is 6.03 Å². The van der Waals surface area contributed by atoms with Gasteiger partial charge in [0.25, 0.3) is 0 Å². The Hall–Kier alpha value is -2.53. The summed E-state index contributed by atoms with van der Waals surface area (Å²) in [4.78, 5) is 11.9. The van der Waals surface area contributed by atoms with Crippen molar-refractivity contribution in [3.05, 3.63) is 59.7 Å². The van der Waals surface area contributed by atoms with E-state index in [1.165, 1.54) is 0 Å². The van der Waals surface area contributed by atoms with E-state index in [1.807, 2.05) is 38.1 Å². The molecule has 0 aliphatic heterocycles. The van der Waals surface area contributed by atoms with Gasteiger partial charge in [0, 0.05) is 12.2 Å². The summed E-state index contributed by atoms with van der Waals surface area (Å²) >= 11 is 0. The third-order valence-corrected chi connectivity index (χ3v) is 3.43. The molecule has 0 aromatic heterocycles. The van der Waals surface area contributed by atoms with Gasteiger partial charge in [-0.05, 0) is 49.2 Å². The molecule has 0 aliphatic carbocycles. The van der Waals surface area contributed by atoms with Gasteiger partial charge in [-0.25, -0.2) is 4.79 Å². The zero-order valence-corrected chi connectivity index (χ0v) is 13.4. The minimum absolute atomic E-state index is 0.147. The van der Waals surface area contributed by atoms with Crippen molar-refractivity contribution in [2.75, 3.05) is 18.5 Å². The molecule has 1 unspecified atom stereocenters. The van der Waals surface area contributed by atoms with Crippen molar-refractivity contribution in [2.24, 2.45) is 0 Å². The summed E-state index contributed by atoms with van der Waals surface area (Å²) in [7, 11) is 0. The summed E-state index contributed by atoms with van der Waals surface area (Å²) in [5.74, 6) is 0.758. The number of ether oxygens (including phenoxy) is 1. The first-order chi connectivity index (χ1) is 11.1. The topological polar surface area (TPSA) is 70.6 Å². The molecular weight excluding hydrogens is 292 g/mol. The molecule has 0 fully saturated rings. The fourth-order valence-electron chi connectivity index (χ4n) is 2.24. The number of hydrogen-bond donors (Lipinski definition) is 3. The maximum atomic E-state index is 11.9. The van der Waals surface area contributed by atoms with Crippen LogP contribution in [0.1, 0.15) is 24.2 Å². The van der Waals surface area contributed by atoms with E-state index >= 15 is 0 Å². The monoisotopic (exact) mass is 314 g/mol. The number of carbonyl (C=O) groups is 1. The molecule has 0 saturated carbocycles. The van der Waals surface area contributed by atoms with Crippen LogP contribution in [0.2, 0.25) is 0 Å². The second-order valence-corrected chi connectivity index (χ2v) is 5.16. The minimum atomic E-state index is -0.734. The van der Waals surface area contributed by atoms with Crippen molar-refractivity contribution in [1.82, 2.24) is 5.32 Å². The Bertz CT molecular complexity index is 641. The molecule has 5 nitrogen and oxygen atoms in total. The molecule has 0 saturated heterocycles. The van der Waals surface area contributed by atoms with Gasteiger partial charge in [-0.1, -0.05) is 24.3 Å². The number of amides is 2. The zero-order valence-electron chi connectivity index (χ0n) is 13.4. The van der Waals surface area contributed by atoms with E-state index in [2.05, 4.69) is 10.6 Å². The molecule has 2 aromatic rings. The lowest BCUT2D eigenvalue weighted by atomic mass is 10.0. The smallest absolute Gasteiger partial charge is 0.319 e. The molecule has 3 N–H and O–H groups in total. The number of nitrogens with one attached hydrogen (secondary N) is 2. The van der Waals surface area contributed by atoms with Crippen LogP contribution in [0, 0.1) is 6.92 Å². The molecule has 0 bridgehead atoms. The van der Waals surface area contributed by atoms with E-state index in [0.29, 0.717) is 12.3 Å². The molecule has 2 amide bonds. The number of urea groups is 1. The Morgan fingerprint density at radius 1 is 1.17 bits per heavy atom. The van der Waals surface area contributed by atoms with Crippen LogP contribution in [-0.4, -0.2) is 24.3 Å². The van der Waals surface area contributed by atoms with Crippen molar-refractivity contribution in [3.8, 4) is 5.75 Å². The van der Waals surface area contributed by atoms with E-state index in [-0.39, 0.29) is 12.6 Å². The van der Waals surface area contributed by atoms with Gasteiger partial charge in [0.05, 0.1) is 12.7 Å². The molecule has 23 heavy (non-hydrogen) atoms. The second kappa shape index (κ2) is 8.19. The molecule has 0 aliphatic rings. The summed E-state index contributed by atoms with van der Waals surface area (Å²) in [5.41, 5.74) is 2.47. The fourth-order valence-corrected chi connectivity index (χ4v) is 2.24. The molecule has 122 valence electrons. The quantitative estimate of drug-likeness (QED) is 0.766. The van der Waals surface area contributed by atoms with Gasteiger partial charge in [0.15, 0.2) is 0 Å². The second-order valence-electron chi connectivity index (χ2n) is 5.16. The fraction of sp³-hybridized carbons (Fsp3) is 0.278. The van der Waals surface area contributed by atoms with Gasteiger partial charge in [-0.3, -0.25) is 0 Å². The molecular formula is C18H22N2O3. The maximum absolute atomic E-state index is 11.9. The number of carbonyl (C=O) groups excluding carboxylic acids is 1. The summed E-state index contributed by atoms with van der Waals surface area (Å²) in [6, 6.07) is 14.3.